The Labute approximate surface area is 125 Å². The van der Waals surface area contributed by atoms with Gasteiger partial charge in [-0.25, -0.2) is 15.0 Å². The number of rotatable bonds is 4. The quantitative estimate of drug-likeness (QED) is 0.855. The maximum absolute atomic E-state index is 11.9. The lowest BCUT2D eigenvalue weighted by Gasteiger charge is -2.13. The predicted octanol–water partition coefficient (Wildman–Crippen LogP) is 2.30. The van der Waals surface area contributed by atoms with E-state index in [0.717, 1.165) is 6.42 Å². The van der Waals surface area contributed by atoms with Crippen molar-refractivity contribution in [3.8, 4) is 5.75 Å². The lowest BCUT2D eigenvalue weighted by Crippen LogP contribution is -2.26. The van der Waals surface area contributed by atoms with Crippen molar-refractivity contribution >= 4 is 41.2 Å². The number of hydrogen-bond acceptors (Lipinski definition) is 5. The van der Waals surface area contributed by atoms with Crippen LogP contribution >= 0.6 is 11.6 Å². The van der Waals surface area contributed by atoms with E-state index in [-0.39, 0.29) is 17.4 Å². The van der Waals surface area contributed by atoms with Gasteiger partial charge in [0, 0.05) is 5.02 Å². The summed E-state index contributed by atoms with van der Waals surface area (Å²) in [5, 5.41) is 0.513. The van der Waals surface area contributed by atoms with Gasteiger partial charge in [-0.1, -0.05) is 18.5 Å². The summed E-state index contributed by atoms with van der Waals surface area (Å²) >= 11 is 6.02. The number of nitrogens with zero attached hydrogens (tertiary/aromatic N) is 4. The Morgan fingerprint density at radius 1 is 1.24 bits per heavy atom. The molecule has 1 aromatic rings. The molecule has 21 heavy (non-hydrogen) atoms. The number of halogens is 1. The van der Waals surface area contributed by atoms with E-state index in [1.54, 1.807) is 18.2 Å². The van der Waals surface area contributed by atoms with Gasteiger partial charge in [0.1, 0.15) is 12.1 Å². The SMILES string of the molecule is CCCOc1ccc(Cl)cc1C1=NC(=O)C2=NC=NC2=N1. The number of ether oxygens (including phenoxy) is 1. The Morgan fingerprint density at radius 2 is 2.10 bits per heavy atom. The van der Waals surface area contributed by atoms with E-state index < -0.39 is 5.91 Å². The van der Waals surface area contributed by atoms with Crippen LogP contribution in [0.2, 0.25) is 5.02 Å². The van der Waals surface area contributed by atoms with E-state index in [2.05, 4.69) is 20.0 Å². The molecule has 3 rings (SSSR count). The molecule has 6 nitrogen and oxygen atoms in total. The van der Waals surface area contributed by atoms with Crippen molar-refractivity contribution in [1.29, 1.82) is 0 Å². The summed E-state index contributed by atoms with van der Waals surface area (Å²) in [6.45, 7) is 2.56. The minimum absolute atomic E-state index is 0.164. The number of carbonyl (C=O) groups is 1. The molecule has 1 aromatic carbocycles. The van der Waals surface area contributed by atoms with Crippen LogP contribution in [0.15, 0.2) is 38.2 Å². The fraction of sp³-hybridized carbons (Fsp3) is 0.214. The number of amides is 1. The Bertz CT molecular complexity index is 734. The molecule has 106 valence electrons. The zero-order valence-electron chi connectivity index (χ0n) is 11.2. The summed E-state index contributed by atoms with van der Waals surface area (Å²) in [4.78, 5) is 27.9. The molecule has 0 N–H and O–H groups in total. The number of aliphatic imine (C=N–C) groups is 4. The van der Waals surface area contributed by atoms with Crippen LogP contribution in [0.1, 0.15) is 18.9 Å². The Kier molecular flexibility index (Phi) is 3.62. The minimum atomic E-state index is -0.464. The first-order chi connectivity index (χ1) is 10.2. The molecular weight excluding hydrogens is 292 g/mol. The third kappa shape index (κ3) is 2.62. The summed E-state index contributed by atoms with van der Waals surface area (Å²) in [6.07, 6.45) is 2.15. The summed E-state index contributed by atoms with van der Waals surface area (Å²) < 4.78 is 5.65. The van der Waals surface area contributed by atoms with Gasteiger partial charge in [-0.15, -0.1) is 0 Å². The summed E-state index contributed by atoms with van der Waals surface area (Å²) in [7, 11) is 0. The van der Waals surface area contributed by atoms with Gasteiger partial charge in [0.15, 0.2) is 17.4 Å². The van der Waals surface area contributed by atoms with Gasteiger partial charge in [-0.2, -0.15) is 4.99 Å². The largest absolute Gasteiger partial charge is 0.493 e. The van der Waals surface area contributed by atoms with Crippen molar-refractivity contribution in [3.05, 3.63) is 28.8 Å². The first kappa shape index (κ1) is 13.6. The third-order valence-corrected chi connectivity index (χ3v) is 3.08. The Balaban J connectivity index is 2.04. The lowest BCUT2D eigenvalue weighted by molar-refractivity contribution is -0.111. The summed E-state index contributed by atoms with van der Waals surface area (Å²) in [5.41, 5.74) is 0.731. The molecule has 0 saturated heterocycles. The Hall–Kier alpha value is -2.34. The van der Waals surface area contributed by atoms with Crippen molar-refractivity contribution < 1.29 is 9.53 Å². The zero-order chi connectivity index (χ0) is 14.8. The molecule has 7 heteroatoms. The van der Waals surface area contributed by atoms with Crippen molar-refractivity contribution in [3.63, 3.8) is 0 Å². The first-order valence-electron chi connectivity index (χ1n) is 6.44. The van der Waals surface area contributed by atoms with Crippen LogP contribution < -0.4 is 4.74 Å². The van der Waals surface area contributed by atoms with E-state index in [1.165, 1.54) is 6.34 Å². The van der Waals surface area contributed by atoms with Crippen LogP contribution in [-0.4, -0.2) is 36.2 Å². The molecule has 0 radical (unpaired) electrons. The molecule has 0 aliphatic carbocycles. The monoisotopic (exact) mass is 302 g/mol. The van der Waals surface area contributed by atoms with E-state index in [9.17, 15) is 4.79 Å². The van der Waals surface area contributed by atoms with E-state index in [0.29, 0.717) is 22.9 Å². The van der Waals surface area contributed by atoms with Crippen LogP contribution in [0.4, 0.5) is 0 Å². The van der Waals surface area contributed by atoms with Gasteiger partial charge in [0.2, 0.25) is 0 Å². The summed E-state index contributed by atoms with van der Waals surface area (Å²) in [5.74, 6) is 0.626. The second-order valence-corrected chi connectivity index (χ2v) is 4.82. The average molecular weight is 303 g/mol. The van der Waals surface area contributed by atoms with E-state index in [1.807, 2.05) is 6.92 Å². The van der Waals surface area contributed by atoms with Gasteiger partial charge < -0.3 is 4.74 Å². The third-order valence-electron chi connectivity index (χ3n) is 2.84. The van der Waals surface area contributed by atoms with Crippen LogP contribution in [0, 0.1) is 0 Å². The number of hydrogen-bond donors (Lipinski definition) is 0. The van der Waals surface area contributed by atoms with Gasteiger partial charge in [0.05, 0.1) is 12.2 Å². The molecule has 2 aliphatic heterocycles. The van der Waals surface area contributed by atoms with Crippen LogP contribution in [0.5, 0.6) is 5.75 Å². The van der Waals surface area contributed by atoms with Crippen molar-refractivity contribution in [2.75, 3.05) is 6.61 Å². The highest BCUT2D eigenvalue weighted by Gasteiger charge is 2.27. The van der Waals surface area contributed by atoms with Gasteiger partial charge >= 0.3 is 5.91 Å². The molecular formula is C14H11ClN4O2. The van der Waals surface area contributed by atoms with Gasteiger partial charge in [0.25, 0.3) is 0 Å². The second-order valence-electron chi connectivity index (χ2n) is 4.39. The highest BCUT2D eigenvalue weighted by molar-refractivity contribution is 6.71. The smallest absolute Gasteiger partial charge is 0.301 e. The van der Waals surface area contributed by atoms with Crippen molar-refractivity contribution in [2.24, 2.45) is 20.0 Å². The summed E-state index contributed by atoms with van der Waals surface area (Å²) in [6, 6.07) is 5.13. The molecule has 0 spiro atoms. The van der Waals surface area contributed by atoms with E-state index >= 15 is 0 Å². The van der Waals surface area contributed by atoms with Crippen LogP contribution in [0.25, 0.3) is 0 Å². The highest BCUT2D eigenvalue weighted by Crippen LogP contribution is 2.25. The molecule has 0 bridgehead atoms. The average Bonchev–Trinajstić information content (AvgIpc) is 2.95. The zero-order valence-corrected chi connectivity index (χ0v) is 12.0. The number of amidine groups is 2. The molecule has 0 aromatic heterocycles. The lowest BCUT2D eigenvalue weighted by atomic mass is 10.1. The molecule has 0 unspecified atom stereocenters. The van der Waals surface area contributed by atoms with Gasteiger partial charge in [-0.3, -0.25) is 4.79 Å². The van der Waals surface area contributed by atoms with Gasteiger partial charge in [-0.05, 0) is 24.6 Å². The standard InChI is InChI=1S/C14H11ClN4O2/c1-2-5-21-10-4-3-8(15)6-9(10)12-18-13-11(14(20)19-12)16-7-17-13/h3-4,6-7H,2,5H2,1H3. The fourth-order valence-corrected chi connectivity index (χ4v) is 2.07. The molecule has 0 saturated carbocycles. The number of benzene rings is 1. The fourth-order valence-electron chi connectivity index (χ4n) is 1.90. The molecule has 0 atom stereocenters. The van der Waals surface area contributed by atoms with Crippen LogP contribution in [0.3, 0.4) is 0 Å². The molecule has 2 heterocycles. The number of carbonyl (C=O) groups excluding carboxylic acids is 1. The van der Waals surface area contributed by atoms with Crippen molar-refractivity contribution in [2.45, 2.75) is 13.3 Å². The predicted molar refractivity (Wildman–Crippen MR) is 82.1 cm³/mol. The van der Waals surface area contributed by atoms with Crippen molar-refractivity contribution in [1.82, 2.24) is 0 Å². The maximum Gasteiger partial charge on any atom is 0.301 e. The topological polar surface area (TPSA) is 75.7 Å². The highest BCUT2D eigenvalue weighted by atomic mass is 35.5. The van der Waals surface area contributed by atoms with E-state index in [4.69, 9.17) is 16.3 Å². The first-order valence-corrected chi connectivity index (χ1v) is 6.82. The molecule has 1 amide bonds. The Morgan fingerprint density at radius 3 is 2.90 bits per heavy atom. The molecule has 0 fully saturated rings. The number of fused-ring (bicyclic) bond motifs is 1. The minimum Gasteiger partial charge on any atom is -0.493 e. The second kappa shape index (κ2) is 5.57. The van der Waals surface area contributed by atoms with Crippen LogP contribution in [-0.2, 0) is 4.79 Å². The molecule has 2 aliphatic rings. The normalized spacial score (nSPS) is 16.3. The maximum atomic E-state index is 11.9.